The van der Waals surface area contributed by atoms with Crippen molar-refractivity contribution in [2.24, 2.45) is 5.73 Å². The molecule has 1 rings (SSSR count). The van der Waals surface area contributed by atoms with Crippen molar-refractivity contribution in [2.45, 2.75) is 186 Å². The molecule has 54 heavy (non-hydrogen) atoms. The minimum atomic E-state index is -4.39. The Morgan fingerprint density at radius 2 is 1.15 bits per heavy atom. The third-order valence-electron chi connectivity index (χ3n) is 9.09. The first-order valence-electron chi connectivity index (χ1n) is 21.2. The third kappa shape index (κ3) is 32.2. The largest absolute Gasteiger partial charge is 0.472 e. The van der Waals surface area contributed by atoms with E-state index in [1.807, 2.05) is 0 Å². The molecule has 3 N–H and O–H groups in total. The maximum absolute atomic E-state index is 12.6. The van der Waals surface area contributed by atoms with Crippen LogP contribution < -0.4 is 5.73 Å². The van der Waals surface area contributed by atoms with Crippen molar-refractivity contribution in [1.29, 1.82) is 0 Å². The van der Waals surface area contributed by atoms with Gasteiger partial charge < -0.3 is 24.8 Å². The molecule has 0 aromatic rings. The molecule has 312 valence electrons. The van der Waals surface area contributed by atoms with Gasteiger partial charge in [0.15, 0.2) is 6.10 Å². The number of phosphoric acid groups is 1. The summed E-state index contributed by atoms with van der Waals surface area (Å²) in [5.74, 6) is -0.909. The predicted octanol–water partition coefficient (Wildman–Crippen LogP) is 10.9. The van der Waals surface area contributed by atoms with Gasteiger partial charge in [0.05, 0.1) is 25.4 Å². The molecule has 0 aromatic carbocycles. The molecule has 4 atom stereocenters. The molecule has 3 unspecified atom stereocenters. The summed E-state index contributed by atoms with van der Waals surface area (Å²) in [5.41, 5.74) is 5.34. The lowest BCUT2D eigenvalue weighted by molar-refractivity contribution is -0.161. The number of allylic oxidation sites excluding steroid dienone is 6. The number of phosphoric ester groups is 1. The van der Waals surface area contributed by atoms with Crippen molar-refractivity contribution in [3.63, 3.8) is 0 Å². The predicted molar refractivity (Wildman–Crippen MR) is 219 cm³/mol. The molecule has 1 aliphatic heterocycles. The van der Waals surface area contributed by atoms with Gasteiger partial charge in [-0.15, -0.1) is 0 Å². The SMILES string of the molecule is CCCCC/C=C\C/C=C\CC1OC1C/C=C\CCCC(=O)OC[C@H](COP(=O)(O)OCCN)OC(=O)CCCCCCCCC/C=C\CCCCCC. The van der Waals surface area contributed by atoms with Crippen LogP contribution in [0.25, 0.3) is 0 Å². The second-order valence-electron chi connectivity index (χ2n) is 14.2. The van der Waals surface area contributed by atoms with E-state index in [1.54, 1.807) is 0 Å². The van der Waals surface area contributed by atoms with E-state index in [9.17, 15) is 19.0 Å². The standard InChI is InChI=1S/C43H76NO9P/c1-3-5-7-9-11-13-14-15-16-17-18-20-22-24-30-34-43(46)52-39(38-51-54(47,48)50-36-35-44)37-49-42(45)33-29-26-25-28-32-41-40(53-41)31-27-23-21-19-12-10-8-6-4-2/h12-14,19,23,25,27-28,39-41H,3-11,15-18,20-22,24,26,29-38,44H2,1-2H3,(H,47,48)/b14-13-,19-12-,27-23-,28-25-/t39-,40?,41?/m1/s1. The van der Waals surface area contributed by atoms with E-state index in [-0.39, 0.29) is 44.8 Å². The Bertz CT molecular complexity index is 1090. The van der Waals surface area contributed by atoms with Crippen LogP contribution in [0.4, 0.5) is 0 Å². The zero-order chi connectivity index (χ0) is 39.4. The number of carbonyl (C=O) groups is 2. The Labute approximate surface area is 328 Å². The molecule has 1 heterocycles. The first-order chi connectivity index (χ1) is 26.3. The molecule has 0 amide bonds. The van der Waals surface area contributed by atoms with Crippen molar-refractivity contribution in [1.82, 2.24) is 0 Å². The topological polar surface area (TPSA) is 147 Å². The summed E-state index contributed by atoms with van der Waals surface area (Å²) in [5, 5.41) is 0. The maximum Gasteiger partial charge on any atom is 0.472 e. The van der Waals surface area contributed by atoms with Crippen LogP contribution in [-0.2, 0) is 37.4 Å². The summed E-state index contributed by atoms with van der Waals surface area (Å²) < 4.78 is 38.5. The van der Waals surface area contributed by atoms with Crippen LogP contribution in [0.3, 0.4) is 0 Å². The highest BCUT2D eigenvalue weighted by Gasteiger charge is 2.36. The van der Waals surface area contributed by atoms with Gasteiger partial charge in [0.25, 0.3) is 0 Å². The fraction of sp³-hybridized carbons (Fsp3) is 0.767. The highest BCUT2D eigenvalue weighted by atomic mass is 31.2. The zero-order valence-corrected chi connectivity index (χ0v) is 34.8. The minimum Gasteiger partial charge on any atom is -0.462 e. The average Bonchev–Trinajstić information content (AvgIpc) is 3.91. The van der Waals surface area contributed by atoms with Crippen molar-refractivity contribution < 1.29 is 42.3 Å². The Hall–Kier alpha value is -2.07. The van der Waals surface area contributed by atoms with E-state index < -0.39 is 32.5 Å². The number of unbranched alkanes of at least 4 members (excludes halogenated alkanes) is 15. The van der Waals surface area contributed by atoms with E-state index in [4.69, 9.17) is 29.0 Å². The minimum absolute atomic E-state index is 0.0414. The molecule has 1 saturated heterocycles. The van der Waals surface area contributed by atoms with Crippen LogP contribution in [0, 0.1) is 0 Å². The number of carbonyl (C=O) groups excluding carboxylic acids is 2. The quantitative estimate of drug-likeness (QED) is 0.0204. The highest BCUT2D eigenvalue weighted by Crippen LogP contribution is 2.43. The number of nitrogens with two attached hydrogens (primary N) is 1. The fourth-order valence-electron chi connectivity index (χ4n) is 5.78. The van der Waals surface area contributed by atoms with Crippen LogP contribution in [0.5, 0.6) is 0 Å². The van der Waals surface area contributed by atoms with Crippen molar-refractivity contribution in [2.75, 3.05) is 26.4 Å². The van der Waals surface area contributed by atoms with Gasteiger partial charge in [-0.05, 0) is 77.0 Å². The van der Waals surface area contributed by atoms with Gasteiger partial charge >= 0.3 is 19.8 Å². The summed E-state index contributed by atoms with van der Waals surface area (Å²) >= 11 is 0. The fourth-order valence-corrected chi connectivity index (χ4v) is 6.54. The van der Waals surface area contributed by atoms with E-state index in [2.05, 4.69) is 62.5 Å². The zero-order valence-electron chi connectivity index (χ0n) is 33.9. The summed E-state index contributed by atoms with van der Waals surface area (Å²) in [6.07, 6.45) is 41.7. The van der Waals surface area contributed by atoms with Gasteiger partial charge in [-0.3, -0.25) is 18.6 Å². The van der Waals surface area contributed by atoms with Crippen LogP contribution in [0.15, 0.2) is 48.6 Å². The Morgan fingerprint density at radius 1 is 0.648 bits per heavy atom. The summed E-state index contributed by atoms with van der Waals surface area (Å²) in [4.78, 5) is 34.9. The number of epoxide rings is 1. The molecule has 11 heteroatoms. The molecule has 0 aromatic heterocycles. The first-order valence-corrected chi connectivity index (χ1v) is 22.7. The Kier molecular flexibility index (Phi) is 32.7. The molecule has 1 fully saturated rings. The molecule has 0 spiro atoms. The second kappa shape index (κ2) is 35.4. The normalized spacial score (nSPS) is 17.6. The Balaban J connectivity index is 2.24. The molecular formula is C43H76NO9P. The number of ether oxygens (including phenoxy) is 3. The first kappa shape index (κ1) is 49.9. The number of esters is 2. The summed E-state index contributed by atoms with van der Waals surface area (Å²) in [6.45, 7) is 3.60. The Morgan fingerprint density at radius 3 is 1.81 bits per heavy atom. The van der Waals surface area contributed by atoms with Gasteiger partial charge in [0.2, 0.25) is 0 Å². The second-order valence-corrected chi connectivity index (χ2v) is 15.7. The molecule has 0 radical (unpaired) electrons. The van der Waals surface area contributed by atoms with Crippen LogP contribution in [0.1, 0.15) is 168 Å². The third-order valence-corrected chi connectivity index (χ3v) is 10.1. The summed E-state index contributed by atoms with van der Waals surface area (Å²) in [6, 6.07) is 0. The molecule has 0 aliphatic carbocycles. The number of rotatable bonds is 38. The molecule has 0 bridgehead atoms. The van der Waals surface area contributed by atoms with Crippen LogP contribution >= 0.6 is 7.82 Å². The smallest absolute Gasteiger partial charge is 0.462 e. The number of hydrogen-bond acceptors (Lipinski definition) is 9. The lowest BCUT2D eigenvalue weighted by Gasteiger charge is -2.19. The highest BCUT2D eigenvalue weighted by molar-refractivity contribution is 7.47. The van der Waals surface area contributed by atoms with E-state index in [1.165, 1.54) is 70.6 Å². The number of hydrogen-bond donors (Lipinski definition) is 2. The molecule has 0 saturated carbocycles. The lowest BCUT2D eigenvalue weighted by atomic mass is 10.1. The molecule has 10 nitrogen and oxygen atoms in total. The molecular weight excluding hydrogens is 705 g/mol. The monoisotopic (exact) mass is 782 g/mol. The molecule has 1 aliphatic rings. The van der Waals surface area contributed by atoms with Gasteiger partial charge in [-0.25, -0.2) is 4.57 Å². The summed E-state index contributed by atoms with van der Waals surface area (Å²) in [7, 11) is -4.39. The average molecular weight is 782 g/mol. The van der Waals surface area contributed by atoms with Crippen LogP contribution in [-0.4, -0.2) is 61.5 Å². The van der Waals surface area contributed by atoms with Gasteiger partial charge in [-0.1, -0.05) is 127 Å². The van der Waals surface area contributed by atoms with Gasteiger partial charge in [0, 0.05) is 19.4 Å². The van der Waals surface area contributed by atoms with E-state index in [0.717, 1.165) is 57.8 Å². The van der Waals surface area contributed by atoms with Crippen LogP contribution in [0.2, 0.25) is 0 Å². The van der Waals surface area contributed by atoms with Gasteiger partial charge in [0.1, 0.15) is 6.61 Å². The van der Waals surface area contributed by atoms with Crippen molar-refractivity contribution >= 4 is 19.8 Å². The maximum atomic E-state index is 12.6. The van der Waals surface area contributed by atoms with E-state index in [0.29, 0.717) is 12.8 Å². The van der Waals surface area contributed by atoms with Crippen molar-refractivity contribution in [3.8, 4) is 0 Å². The lowest BCUT2D eigenvalue weighted by Crippen LogP contribution is -2.29. The van der Waals surface area contributed by atoms with Crippen molar-refractivity contribution in [3.05, 3.63) is 48.6 Å². The van der Waals surface area contributed by atoms with E-state index >= 15 is 0 Å². The van der Waals surface area contributed by atoms with Gasteiger partial charge in [-0.2, -0.15) is 0 Å².